The Labute approximate surface area is 158 Å². The first-order valence-corrected chi connectivity index (χ1v) is 8.89. The van der Waals surface area contributed by atoms with E-state index >= 15 is 0 Å². The monoisotopic (exact) mass is 368 g/mol. The molecule has 0 spiro atoms. The third-order valence-corrected chi connectivity index (χ3v) is 5.46. The van der Waals surface area contributed by atoms with Crippen LogP contribution in [0.25, 0.3) is 0 Å². The number of ether oxygens (including phenoxy) is 2. The number of amides is 1. The average molecular weight is 368 g/mol. The van der Waals surface area contributed by atoms with Crippen LogP contribution >= 0.6 is 12.2 Å². The molecule has 6 heteroatoms. The predicted octanol–water partition coefficient (Wildman–Crippen LogP) is 3.07. The Morgan fingerprint density at radius 2 is 1.77 bits per heavy atom. The standard InChI is InChI=1S/C20H20N2O3S/c1-12-5-4-6-15(7-12)22-19(23)16-8-13-9-17(24-2)18(25-3)10-14(13)11-21(16)20(22)26/h4-7,9-10,16H,8,11H2,1-3H3. The van der Waals surface area contributed by atoms with Crippen molar-refractivity contribution in [1.29, 1.82) is 0 Å². The zero-order valence-corrected chi connectivity index (χ0v) is 15.8. The zero-order valence-electron chi connectivity index (χ0n) is 15.0. The van der Waals surface area contributed by atoms with E-state index in [1.54, 1.807) is 19.1 Å². The maximum atomic E-state index is 13.1. The number of nitrogens with zero attached hydrogens (tertiary/aromatic N) is 2. The molecule has 2 heterocycles. The van der Waals surface area contributed by atoms with Gasteiger partial charge in [0.1, 0.15) is 6.04 Å². The van der Waals surface area contributed by atoms with Crippen molar-refractivity contribution in [2.45, 2.75) is 25.9 Å². The molecular formula is C20H20N2O3S. The normalized spacial score (nSPS) is 18.7. The third kappa shape index (κ3) is 2.52. The highest BCUT2D eigenvalue weighted by Gasteiger charge is 2.45. The molecule has 1 atom stereocenters. The smallest absolute Gasteiger partial charge is 0.256 e. The molecule has 134 valence electrons. The van der Waals surface area contributed by atoms with E-state index in [0.29, 0.717) is 29.6 Å². The van der Waals surface area contributed by atoms with E-state index in [4.69, 9.17) is 21.7 Å². The number of aryl methyl sites for hydroxylation is 1. The summed E-state index contributed by atoms with van der Waals surface area (Å²) in [5, 5.41) is 0.561. The number of methoxy groups -OCH3 is 2. The van der Waals surface area contributed by atoms with Crippen molar-refractivity contribution in [2.24, 2.45) is 0 Å². The zero-order chi connectivity index (χ0) is 18.4. The molecule has 0 radical (unpaired) electrons. The molecule has 4 rings (SSSR count). The lowest BCUT2D eigenvalue weighted by molar-refractivity contribution is -0.119. The van der Waals surface area contributed by atoms with Gasteiger partial charge in [0.15, 0.2) is 16.6 Å². The molecular weight excluding hydrogens is 348 g/mol. The van der Waals surface area contributed by atoms with Crippen LogP contribution in [-0.2, 0) is 17.8 Å². The molecule has 5 nitrogen and oxygen atoms in total. The van der Waals surface area contributed by atoms with Crippen LogP contribution in [0.4, 0.5) is 5.69 Å². The summed E-state index contributed by atoms with van der Waals surface area (Å²) < 4.78 is 10.8. The second-order valence-electron chi connectivity index (χ2n) is 6.62. The Kier molecular flexibility index (Phi) is 4.07. The number of hydrogen-bond acceptors (Lipinski definition) is 4. The second-order valence-corrected chi connectivity index (χ2v) is 6.98. The number of hydrogen-bond donors (Lipinski definition) is 0. The first-order valence-electron chi connectivity index (χ1n) is 8.48. The summed E-state index contributed by atoms with van der Waals surface area (Å²) in [5.41, 5.74) is 4.14. The minimum absolute atomic E-state index is 0.0287. The van der Waals surface area contributed by atoms with E-state index in [1.165, 1.54) is 0 Å². The number of carbonyl (C=O) groups is 1. The minimum Gasteiger partial charge on any atom is -0.493 e. The fourth-order valence-electron chi connectivity index (χ4n) is 3.71. The van der Waals surface area contributed by atoms with Gasteiger partial charge in [-0.2, -0.15) is 0 Å². The van der Waals surface area contributed by atoms with Crippen LogP contribution in [0.15, 0.2) is 36.4 Å². The Bertz CT molecular complexity index is 861. The van der Waals surface area contributed by atoms with Crippen LogP contribution in [0.1, 0.15) is 16.7 Å². The minimum atomic E-state index is -0.270. The molecule has 2 aromatic rings. The Morgan fingerprint density at radius 3 is 2.42 bits per heavy atom. The summed E-state index contributed by atoms with van der Waals surface area (Å²) in [4.78, 5) is 16.8. The van der Waals surface area contributed by atoms with Crippen molar-refractivity contribution >= 4 is 28.9 Å². The van der Waals surface area contributed by atoms with Crippen molar-refractivity contribution in [2.75, 3.05) is 19.1 Å². The first kappa shape index (κ1) is 16.8. The van der Waals surface area contributed by atoms with Gasteiger partial charge in [-0.15, -0.1) is 0 Å². The van der Waals surface area contributed by atoms with Crippen molar-refractivity contribution < 1.29 is 14.3 Å². The lowest BCUT2D eigenvalue weighted by atomic mass is 9.94. The van der Waals surface area contributed by atoms with Crippen LogP contribution in [0.5, 0.6) is 11.5 Å². The van der Waals surface area contributed by atoms with Gasteiger partial charge in [0, 0.05) is 13.0 Å². The molecule has 0 saturated carbocycles. The van der Waals surface area contributed by atoms with Gasteiger partial charge in [-0.25, -0.2) is 0 Å². The quantitative estimate of drug-likeness (QED) is 0.779. The van der Waals surface area contributed by atoms with Crippen LogP contribution in [-0.4, -0.2) is 36.2 Å². The number of thiocarbonyl (C=S) groups is 1. The highest BCUT2D eigenvalue weighted by Crippen LogP contribution is 2.38. The summed E-state index contributed by atoms with van der Waals surface area (Å²) in [5.74, 6) is 1.40. The van der Waals surface area contributed by atoms with E-state index in [9.17, 15) is 4.79 Å². The van der Waals surface area contributed by atoms with Gasteiger partial charge in [-0.1, -0.05) is 12.1 Å². The number of benzene rings is 2. The summed E-state index contributed by atoms with van der Waals surface area (Å²) in [6.07, 6.45) is 0.608. The van der Waals surface area contributed by atoms with E-state index in [0.717, 1.165) is 22.4 Å². The Balaban J connectivity index is 1.71. The molecule has 2 aliphatic rings. The molecule has 1 unspecified atom stereocenters. The van der Waals surface area contributed by atoms with Gasteiger partial charge < -0.3 is 14.4 Å². The van der Waals surface area contributed by atoms with E-state index in [2.05, 4.69) is 0 Å². The Hall–Kier alpha value is -2.60. The van der Waals surface area contributed by atoms with Crippen molar-refractivity contribution in [3.05, 3.63) is 53.1 Å². The second kappa shape index (κ2) is 6.29. The van der Waals surface area contributed by atoms with Gasteiger partial charge >= 0.3 is 0 Å². The molecule has 0 N–H and O–H groups in total. The lowest BCUT2D eigenvalue weighted by Crippen LogP contribution is -2.40. The third-order valence-electron chi connectivity index (χ3n) is 5.04. The maximum Gasteiger partial charge on any atom is 0.256 e. The molecule has 0 aliphatic carbocycles. The molecule has 0 bridgehead atoms. The van der Waals surface area contributed by atoms with Crippen molar-refractivity contribution in [3.8, 4) is 11.5 Å². The van der Waals surface area contributed by atoms with Crippen LogP contribution < -0.4 is 14.4 Å². The molecule has 2 aromatic carbocycles. The van der Waals surface area contributed by atoms with Crippen LogP contribution in [0, 0.1) is 6.92 Å². The number of anilines is 1. The fourth-order valence-corrected chi connectivity index (χ4v) is 4.10. The molecule has 1 amide bonds. The summed E-state index contributed by atoms with van der Waals surface area (Å²) in [6, 6.07) is 11.5. The average Bonchev–Trinajstić information content (AvgIpc) is 2.88. The highest BCUT2D eigenvalue weighted by atomic mass is 32.1. The van der Waals surface area contributed by atoms with Crippen LogP contribution in [0.2, 0.25) is 0 Å². The topological polar surface area (TPSA) is 42.0 Å². The first-order chi connectivity index (χ1) is 12.5. The molecule has 1 fully saturated rings. The maximum absolute atomic E-state index is 13.1. The molecule has 2 aliphatic heterocycles. The lowest BCUT2D eigenvalue weighted by Gasteiger charge is -2.31. The number of fused-ring (bicyclic) bond motifs is 2. The summed E-state index contributed by atoms with van der Waals surface area (Å²) >= 11 is 5.65. The number of rotatable bonds is 3. The van der Waals surface area contributed by atoms with E-state index < -0.39 is 0 Å². The van der Waals surface area contributed by atoms with Gasteiger partial charge in [-0.3, -0.25) is 9.69 Å². The molecule has 26 heavy (non-hydrogen) atoms. The van der Waals surface area contributed by atoms with Gasteiger partial charge in [0.05, 0.1) is 19.9 Å². The largest absolute Gasteiger partial charge is 0.493 e. The van der Waals surface area contributed by atoms with Crippen molar-refractivity contribution in [3.63, 3.8) is 0 Å². The molecule has 1 saturated heterocycles. The van der Waals surface area contributed by atoms with Crippen LogP contribution in [0.3, 0.4) is 0 Å². The van der Waals surface area contributed by atoms with Gasteiger partial charge in [0.2, 0.25) is 0 Å². The summed E-state index contributed by atoms with van der Waals surface area (Å²) in [6.45, 7) is 2.60. The highest BCUT2D eigenvalue weighted by molar-refractivity contribution is 7.80. The summed E-state index contributed by atoms with van der Waals surface area (Å²) in [7, 11) is 3.24. The SMILES string of the molecule is COc1cc2c(cc1OC)CN1C(=S)N(c3cccc(C)c3)C(=O)C1C2. The number of carbonyl (C=O) groups excluding carboxylic acids is 1. The van der Waals surface area contributed by atoms with Gasteiger partial charge in [0.25, 0.3) is 5.91 Å². The Morgan fingerprint density at radius 1 is 1.08 bits per heavy atom. The van der Waals surface area contributed by atoms with E-state index in [1.807, 2.05) is 48.2 Å². The predicted molar refractivity (Wildman–Crippen MR) is 104 cm³/mol. The van der Waals surface area contributed by atoms with Gasteiger partial charge in [-0.05, 0) is 60.1 Å². The van der Waals surface area contributed by atoms with Crippen molar-refractivity contribution in [1.82, 2.24) is 4.90 Å². The fraction of sp³-hybridized carbons (Fsp3) is 0.300. The van der Waals surface area contributed by atoms with E-state index in [-0.39, 0.29) is 11.9 Å². The molecule has 0 aromatic heterocycles.